The molecular formula is C13H17N3S. The molecule has 0 spiro atoms. The number of nitrogen functional groups attached to an aromatic ring is 1. The fourth-order valence-electron chi connectivity index (χ4n) is 2.11. The van der Waals surface area contributed by atoms with Crippen LogP contribution in [0.1, 0.15) is 18.9 Å². The molecule has 1 aromatic rings. The van der Waals surface area contributed by atoms with Crippen molar-refractivity contribution in [3.8, 4) is 6.07 Å². The molecule has 1 unspecified atom stereocenters. The number of nitrogens with zero attached hydrogens (tertiary/aromatic N) is 2. The predicted molar refractivity (Wildman–Crippen MR) is 74.3 cm³/mol. The number of thioether (sulfide) groups is 1. The minimum Gasteiger partial charge on any atom is -0.396 e. The third-order valence-corrected chi connectivity index (χ3v) is 4.51. The van der Waals surface area contributed by atoms with E-state index in [1.165, 1.54) is 6.42 Å². The lowest BCUT2D eigenvalue weighted by Crippen LogP contribution is -2.38. The van der Waals surface area contributed by atoms with Gasteiger partial charge in [-0.15, -0.1) is 0 Å². The number of nitrogens with two attached hydrogens (primary N) is 1. The lowest BCUT2D eigenvalue weighted by atomic mass is 10.1. The summed E-state index contributed by atoms with van der Waals surface area (Å²) in [5.41, 5.74) is 8.26. The van der Waals surface area contributed by atoms with Crippen molar-refractivity contribution < 1.29 is 0 Å². The zero-order valence-electron chi connectivity index (χ0n) is 10.0. The Morgan fingerprint density at radius 2 is 2.41 bits per heavy atom. The highest BCUT2D eigenvalue weighted by Crippen LogP contribution is 2.31. The smallest absolute Gasteiger partial charge is 0.101 e. The van der Waals surface area contributed by atoms with Crippen molar-refractivity contribution in [1.82, 2.24) is 0 Å². The summed E-state index contributed by atoms with van der Waals surface area (Å²) in [6.07, 6.45) is 1.18. The fourth-order valence-corrected chi connectivity index (χ4v) is 3.29. The van der Waals surface area contributed by atoms with Crippen LogP contribution in [0, 0.1) is 11.3 Å². The standard InChI is InChI=1S/C13H17N3S/c1-2-11-9-16(6-7-17-11)12-5-3-4-10(8-14)13(12)15/h3-5,11H,2,6-7,9,15H2,1H3. The molecule has 2 rings (SSSR count). The lowest BCUT2D eigenvalue weighted by molar-refractivity contribution is 0.729. The molecular weight excluding hydrogens is 230 g/mol. The van der Waals surface area contributed by atoms with E-state index in [4.69, 9.17) is 11.0 Å². The van der Waals surface area contributed by atoms with Crippen molar-refractivity contribution in [2.24, 2.45) is 0 Å². The Hall–Kier alpha value is -1.34. The second kappa shape index (κ2) is 5.33. The van der Waals surface area contributed by atoms with E-state index in [0.717, 1.165) is 24.5 Å². The van der Waals surface area contributed by atoms with Gasteiger partial charge in [0, 0.05) is 24.1 Å². The average Bonchev–Trinajstić information content (AvgIpc) is 2.39. The van der Waals surface area contributed by atoms with Gasteiger partial charge in [0.1, 0.15) is 6.07 Å². The first-order chi connectivity index (χ1) is 8.26. The summed E-state index contributed by atoms with van der Waals surface area (Å²) in [5.74, 6) is 1.13. The first-order valence-corrected chi connectivity index (χ1v) is 6.96. The molecule has 1 aliphatic heterocycles. The highest BCUT2D eigenvalue weighted by molar-refractivity contribution is 8.00. The Morgan fingerprint density at radius 3 is 3.12 bits per heavy atom. The number of anilines is 2. The largest absolute Gasteiger partial charge is 0.396 e. The second-order valence-corrected chi connectivity index (χ2v) is 5.61. The van der Waals surface area contributed by atoms with Crippen LogP contribution in [0.15, 0.2) is 18.2 Å². The first-order valence-electron chi connectivity index (χ1n) is 5.91. The molecule has 0 aliphatic carbocycles. The normalized spacial score (nSPS) is 20.0. The number of nitriles is 1. The summed E-state index contributed by atoms with van der Waals surface area (Å²) in [5, 5.41) is 9.66. The predicted octanol–water partition coefficient (Wildman–Crippen LogP) is 2.47. The van der Waals surface area contributed by atoms with Crippen LogP contribution in [0.5, 0.6) is 0 Å². The molecule has 0 radical (unpaired) electrons. The molecule has 1 fully saturated rings. The van der Waals surface area contributed by atoms with Crippen molar-refractivity contribution in [1.29, 1.82) is 5.26 Å². The van der Waals surface area contributed by atoms with E-state index < -0.39 is 0 Å². The van der Waals surface area contributed by atoms with Crippen LogP contribution < -0.4 is 10.6 Å². The Kier molecular flexibility index (Phi) is 3.80. The summed E-state index contributed by atoms with van der Waals surface area (Å²) in [6.45, 7) is 4.26. The molecule has 2 N–H and O–H groups in total. The molecule has 1 aliphatic rings. The van der Waals surface area contributed by atoms with E-state index in [0.29, 0.717) is 16.5 Å². The van der Waals surface area contributed by atoms with Gasteiger partial charge in [0.25, 0.3) is 0 Å². The minimum absolute atomic E-state index is 0.578. The summed E-state index contributed by atoms with van der Waals surface area (Å²) in [6, 6.07) is 7.84. The van der Waals surface area contributed by atoms with E-state index in [1.54, 1.807) is 6.07 Å². The Balaban J connectivity index is 2.25. The zero-order valence-corrected chi connectivity index (χ0v) is 10.8. The van der Waals surface area contributed by atoms with Crippen LogP contribution in [-0.4, -0.2) is 24.1 Å². The van der Waals surface area contributed by atoms with Crippen LogP contribution >= 0.6 is 11.8 Å². The van der Waals surface area contributed by atoms with Crippen molar-refractivity contribution in [3.05, 3.63) is 23.8 Å². The topological polar surface area (TPSA) is 53.0 Å². The van der Waals surface area contributed by atoms with Gasteiger partial charge < -0.3 is 10.6 Å². The monoisotopic (exact) mass is 247 g/mol. The molecule has 3 nitrogen and oxygen atoms in total. The van der Waals surface area contributed by atoms with Gasteiger partial charge in [0.15, 0.2) is 0 Å². The van der Waals surface area contributed by atoms with Gasteiger partial charge in [-0.1, -0.05) is 13.0 Å². The lowest BCUT2D eigenvalue weighted by Gasteiger charge is -2.34. The van der Waals surface area contributed by atoms with E-state index in [9.17, 15) is 0 Å². The molecule has 90 valence electrons. The number of benzene rings is 1. The van der Waals surface area contributed by atoms with Crippen molar-refractivity contribution in [3.63, 3.8) is 0 Å². The van der Waals surface area contributed by atoms with Crippen LogP contribution in [0.25, 0.3) is 0 Å². The SMILES string of the molecule is CCC1CN(c2cccc(C#N)c2N)CCS1. The van der Waals surface area contributed by atoms with Crippen molar-refractivity contribution in [2.45, 2.75) is 18.6 Å². The Labute approximate surface area is 107 Å². The minimum atomic E-state index is 0.578. The highest BCUT2D eigenvalue weighted by atomic mass is 32.2. The molecule has 0 bridgehead atoms. The third-order valence-electron chi connectivity index (χ3n) is 3.14. The maximum absolute atomic E-state index is 8.99. The Bertz CT molecular complexity index is 439. The summed E-state index contributed by atoms with van der Waals surface area (Å²) in [7, 11) is 0. The van der Waals surface area contributed by atoms with Gasteiger partial charge in [-0.3, -0.25) is 0 Å². The van der Waals surface area contributed by atoms with E-state index >= 15 is 0 Å². The average molecular weight is 247 g/mol. The molecule has 0 amide bonds. The van der Waals surface area contributed by atoms with E-state index in [-0.39, 0.29) is 0 Å². The molecule has 1 saturated heterocycles. The molecule has 0 saturated carbocycles. The number of hydrogen-bond donors (Lipinski definition) is 1. The first kappa shape index (κ1) is 12.1. The van der Waals surface area contributed by atoms with Crippen LogP contribution in [-0.2, 0) is 0 Å². The van der Waals surface area contributed by atoms with Crippen molar-refractivity contribution in [2.75, 3.05) is 29.5 Å². The van der Waals surface area contributed by atoms with Crippen molar-refractivity contribution >= 4 is 23.1 Å². The molecule has 1 aromatic carbocycles. The van der Waals surface area contributed by atoms with Crippen LogP contribution in [0.4, 0.5) is 11.4 Å². The number of para-hydroxylation sites is 1. The van der Waals surface area contributed by atoms with Gasteiger partial charge in [-0.05, 0) is 18.6 Å². The van der Waals surface area contributed by atoms with Gasteiger partial charge in [0.2, 0.25) is 0 Å². The number of rotatable bonds is 2. The summed E-state index contributed by atoms with van der Waals surface area (Å²) >= 11 is 2.03. The van der Waals surface area contributed by atoms with Crippen LogP contribution in [0.3, 0.4) is 0 Å². The van der Waals surface area contributed by atoms with E-state index in [2.05, 4.69) is 17.9 Å². The molecule has 4 heteroatoms. The number of hydrogen-bond acceptors (Lipinski definition) is 4. The highest BCUT2D eigenvalue weighted by Gasteiger charge is 2.21. The molecule has 17 heavy (non-hydrogen) atoms. The van der Waals surface area contributed by atoms with Gasteiger partial charge in [-0.25, -0.2) is 0 Å². The summed E-state index contributed by atoms with van der Waals surface area (Å²) in [4.78, 5) is 2.31. The molecule has 0 aromatic heterocycles. The maximum Gasteiger partial charge on any atom is 0.101 e. The van der Waals surface area contributed by atoms with E-state index in [1.807, 2.05) is 23.9 Å². The quantitative estimate of drug-likeness (QED) is 0.816. The summed E-state index contributed by atoms with van der Waals surface area (Å²) < 4.78 is 0. The maximum atomic E-state index is 8.99. The van der Waals surface area contributed by atoms with Gasteiger partial charge in [0.05, 0.1) is 16.9 Å². The van der Waals surface area contributed by atoms with Crippen LogP contribution in [0.2, 0.25) is 0 Å². The van der Waals surface area contributed by atoms with Gasteiger partial charge >= 0.3 is 0 Å². The second-order valence-electron chi connectivity index (χ2n) is 4.20. The van der Waals surface area contributed by atoms with Gasteiger partial charge in [-0.2, -0.15) is 17.0 Å². The fraction of sp³-hybridized carbons (Fsp3) is 0.462. The Morgan fingerprint density at radius 1 is 1.59 bits per heavy atom. The third kappa shape index (κ3) is 2.50. The molecule has 1 atom stereocenters. The zero-order chi connectivity index (χ0) is 12.3. The molecule has 1 heterocycles.